The van der Waals surface area contributed by atoms with E-state index in [0.29, 0.717) is 36.6 Å². The molecule has 9 nitrogen and oxygen atoms in total. The number of nitrogens with one attached hydrogen (secondary N) is 1. The van der Waals surface area contributed by atoms with Crippen molar-refractivity contribution in [1.82, 2.24) is 9.46 Å². The molecular weight excluding hydrogens is 506 g/mol. The molecule has 0 saturated carbocycles. The highest BCUT2D eigenvalue weighted by molar-refractivity contribution is 7.89. The van der Waals surface area contributed by atoms with Crippen LogP contribution < -0.4 is 14.8 Å². The molecule has 2 aliphatic heterocycles. The molecule has 1 aromatic heterocycles. The molecule has 5 rings (SSSR count). The Bertz CT molecular complexity index is 1500. The van der Waals surface area contributed by atoms with Crippen molar-refractivity contribution in [2.75, 3.05) is 25.2 Å². The van der Waals surface area contributed by atoms with Crippen LogP contribution in [-0.4, -0.2) is 43.7 Å². The molecule has 10 heteroatoms. The highest BCUT2D eigenvalue weighted by Gasteiger charge is 2.37. The van der Waals surface area contributed by atoms with Gasteiger partial charge >= 0.3 is 0 Å². The van der Waals surface area contributed by atoms with Crippen molar-refractivity contribution < 1.29 is 27.2 Å². The van der Waals surface area contributed by atoms with E-state index in [2.05, 4.69) is 22.6 Å². The first-order valence-electron chi connectivity index (χ1n) is 12.6. The second kappa shape index (κ2) is 10.3. The molecule has 200 valence electrons. The first kappa shape index (κ1) is 26.0. The summed E-state index contributed by atoms with van der Waals surface area (Å²) in [6, 6.07) is 9.34. The molecule has 1 unspecified atom stereocenters. The highest BCUT2D eigenvalue weighted by atomic mass is 32.2. The first-order chi connectivity index (χ1) is 18.1. The van der Waals surface area contributed by atoms with Crippen molar-refractivity contribution in [2.24, 2.45) is 5.92 Å². The number of ether oxygens (including phenoxy) is 2. The largest absolute Gasteiger partial charge is 0.454 e. The van der Waals surface area contributed by atoms with Gasteiger partial charge in [0.25, 0.3) is 0 Å². The topological polar surface area (TPSA) is 111 Å². The summed E-state index contributed by atoms with van der Waals surface area (Å²) < 4.78 is 45.0. The fourth-order valence-corrected chi connectivity index (χ4v) is 6.91. The van der Waals surface area contributed by atoms with Crippen LogP contribution in [0.1, 0.15) is 46.5 Å². The first-order valence-corrected chi connectivity index (χ1v) is 14.0. The van der Waals surface area contributed by atoms with E-state index >= 15 is 0 Å². The second-order valence-electron chi connectivity index (χ2n) is 9.87. The minimum absolute atomic E-state index is 0.0352. The maximum Gasteiger partial charge on any atom is 0.248 e. The molecule has 0 bridgehead atoms. The molecule has 2 aromatic carbocycles. The Morgan fingerprint density at radius 2 is 1.79 bits per heavy atom. The summed E-state index contributed by atoms with van der Waals surface area (Å²) >= 11 is 0. The fraction of sp³-hybridized carbons (Fsp3) is 0.357. The van der Waals surface area contributed by atoms with E-state index in [1.165, 1.54) is 4.31 Å². The van der Waals surface area contributed by atoms with E-state index in [9.17, 15) is 13.2 Å². The zero-order valence-corrected chi connectivity index (χ0v) is 22.7. The van der Waals surface area contributed by atoms with Crippen molar-refractivity contribution >= 4 is 33.8 Å². The number of aryl methyl sites for hydroxylation is 4. The van der Waals surface area contributed by atoms with Crippen LogP contribution in [0.3, 0.4) is 0 Å². The van der Waals surface area contributed by atoms with Crippen LogP contribution in [0.5, 0.6) is 11.5 Å². The molecule has 3 heterocycles. The van der Waals surface area contributed by atoms with Crippen molar-refractivity contribution in [2.45, 2.75) is 45.4 Å². The maximum absolute atomic E-state index is 13.8. The number of sulfonamides is 1. The third-order valence-electron chi connectivity index (χ3n) is 6.97. The number of fused-ring (bicyclic) bond motifs is 1. The molecule has 1 saturated heterocycles. The van der Waals surface area contributed by atoms with Gasteiger partial charge < -0.3 is 19.3 Å². The van der Waals surface area contributed by atoms with Gasteiger partial charge in [0, 0.05) is 24.8 Å². The van der Waals surface area contributed by atoms with E-state index in [1.807, 2.05) is 26.8 Å². The van der Waals surface area contributed by atoms with Crippen molar-refractivity contribution in [1.29, 1.82) is 0 Å². The van der Waals surface area contributed by atoms with E-state index in [0.717, 1.165) is 22.3 Å². The Kier molecular flexibility index (Phi) is 7.02. The lowest BCUT2D eigenvalue weighted by atomic mass is 9.98. The van der Waals surface area contributed by atoms with Crippen LogP contribution in [0.4, 0.5) is 5.69 Å². The number of nitrogens with zero attached hydrogens (tertiary/aromatic N) is 2. The average Bonchev–Trinajstić information content (AvgIpc) is 3.49. The van der Waals surface area contributed by atoms with Gasteiger partial charge in [0.2, 0.25) is 22.7 Å². The number of hydrogen-bond donors (Lipinski definition) is 1. The quantitative estimate of drug-likeness (QED) is 0.479. The van der Waals surface area contributed by atoms with Crippen LogP contribution in [0.2, 0.25) is 0 Å². The van der Waals surface area contributed by atoms with Crippen LogP contribution in [0.25, 0.3) is 12.2 Å². The summed E-state index contributed by atoms with van der Waals surface area (Å²) in [6.45, 7) is 8.23. The molecule has 2 aliphatic rings. The summed E-state index contributed by atoms with van der Waals surface area (Å²) in [4.78, 5) is 13.1. The molecule has 0 aliphatic carbocycles. The molecule has 1 atom stereocenters. The number of benzene rings is 2. The molecule has 0 radical (unpaired) electrons. The summed E-state index contributed by atoms with van der Waals surface area (Å²) in [5.41, 5.74) is 5.21. The third-order valence-corrected chi connectivity index (χ3v) is 8.99. The minimum Gasteiger partial charge on any atom is -0.454 e. The van der Waals surface area contributed by atoms with Crippen molar-refractivity contribution in [3.05, 3.63) is 64.0 Å². The Hall–Kier alpha value is -3.63. The smallest absolute Gasteiger partial charge is 0.248 e. The average molecular weight is 538 g/mol. The van der Waals surface area contributed by atoms with Gasteiger partial charge in [-0.15, -0.1) is 0 Å². The number of carbonyl (C=O) groups excluding carboxylic acids is 1. The third kappa shape index (κ3) is 5.06. The molecule has 38 heavy (non-hydrogen) atoms. The molecular formula is C28H31N3O6S. The number of aromatic nitrogens is 1. The van der Waals surface area contributed by atoms with Gasteiger partial charge in [0.1, 0.15) is 5.69 Å². The van der Waals surface area contributed by atoms with Gasteiger partial charge in [-0.1, -0.05) is 28.9 Å². The highest BCUT2D eigenvalue weighted by Crippen LogP contribution is 2.35. The SMILES string of the molecule is Cc1cc(C)c(C=Cc2onc(C)c2S(=O)(=O)N2CCCC(C(=O)Nc3ccc4c(c3)OCO4)C2)c(C)c1. The van der Waals surface area contributed by atoms with Gasteiger partial charge in [0.05, 0.1) is 5.92 Å². The molecule has 0 spiro atoms. The predicted octanol–water partition coefficient (Wildman–Crippen LogP) is 4.85. The minimum atomic E-state index is -3.95. The van der Waals surface area contributed by atoms with Gasteiger partial charge in [-0.3, -0.25) is 4.79 Å². The Labute approximate surface area is 222 Å². The standard InChI is InChI=1S/C28H31N3O6S/c1-17-12-18(2)23(19(3)13-17)8-10-25-27(20(4)30-37-25)38(33,34)31-11-5-6-21(15-31)28(32)29-22-7-9-24-26(14-22)36-16-35-24/h7-10,12-14,21H,5-6,11,15-16H2,1-4H3,(H,29,32). The summed E-state index contributed by atoms with van der Waals surface area (Å²) in [6.07, 6.45) is 4.67. The second-order valence-corrected chi connectivity index (χ2v) is 11.7. The number of anilines is 1. The zero-order valence-electron chi connectivity index (χ0n) is 21.9. The molecule has 1 N–H and O–H groups in total. The van der Waals surface area contributed by atoms with Gasteiger partial charge in [0.15, 0.2) is 22.2 Å². The lowest BCUT2D eigenvalue weighted by Gasteiger charge is -2.31. The van der Waals surface area contributed by atoms with Crippen LogP contribution in [0, 0.1) is 33.6 Å². The summed E-state index contributed by atoms with van der Waals surface area (Å²) in [5.74, 6) is 0.626. The Morgan fingerprint density at radius 3 is 2.55 bits per heavy atom. The monoisotopic (exact) mass is 537 g/mol. The van der Waals surface area contributed by atoms with E-state index in [-0.39, 0.29) is 35.6 Å². The molecule has 3 aromatic rings. The van der Waals surface area contributed by atoms with Gasteiger partial charge in [-0.25, -0.2) is 8.42 Å². The van der Waals surface area contributed by atoms with Gasteiger partial charge in [-0.2, -0.15) is 4.31 Å². The summed E-state index contributed by atoms with van der Waals surface area (Å²) in [7, 11) is -3.95. The van der Waals surface area contributed by atoms with E-state index < -0.39 is 15.9 Å². The van der Waals surface area contributed by atoms with Gasteiger partial charge in [-0.05, 0) is 75.4 Å². The number of carbonyl (C=O) groups is 1. The molecule has 1 fully saturated rings. The van der Waals surface area contributed by atoms with Crippen LogP contribution >= 0.6 is 0 Å². The van der Waals surface area contributed by atoms with Crippen LogP contribution in [0.15, 0.2) is 39.8 Å². The maximum atomic E-state index is 13.8. The Morgan fingerprint density at radius 1 is 1.05 bits per heavy atom. The zero-order chi connectivity index (χ0) is 27.0. The lowest BCUT2D eigenvalue weighted by molar-refractivity contribution is -0.120. The van der Waals surface area contributed by atoms with E-state index in [4.69, 9.17) is 14.0 Å². The molecule has 1 amide bonds. The number of hydrogen-bond acceptors (Lipinski definition) is 7. The number of amides is 1. The van der Waals surface area contributed by atoms with E-state index in [1.54, 1.807) is 31.2 Å². The van der Waals surface area contributed by atoms with Crippen LogP contribution in [-0.2, 0) is 14.8 Å². The predicted molar refractivity (Wildman–Crippen MR) is 143 cm³/mol. The summed E-state index contributed by atoms with van der Waals surface area (Å²) in [5, 5.41) is 6.84. The lowest BCUT2D eigenvalue weighted by Crippen LogP contribution is -2.43. The fourth-order valence-electron chi connectivity index (χ4n) is 5.13. The van der Waals surface area contributed by atoms with Crippen molar-refractivity contribution in [3.8, 4) is 11.5 Å². The van der Waals surface area contributed by atoms with Crippen molar-refractivity contribution in [3.63, 3.8) is 0 Å². The normalized spacial score (nSPS) is 17.7. The Balaban J connectivity index is 1.35. The number of rotatable bonds is 6. The number of piperidine rings is 1.